The Morgan fingerprint density at radius 1 is 0.688 bits per heavy atom. The summed E-state index contributed by atoms with van der Waals surface area (Å²) < 4.78 is 51.4. The van der Waals surface area contributed by atoms with Crippen LogP contribution < -0.4 is 5.30 Å². The van der Waals surface area contributed by atoms with Crippen molar-refractivity contribution in [2.24, 2.45) is 0 Å². The molecule has 7 nitrogen and oxygen atoms in total. The summed E-state index contributed by atoms with van der Waals surface area (Å²) in [5.74, 6) is 0. The SMILES string of the molecule is COP(=O)(Cc1cccc2cccc(COCc3ccc(P(=O)(OC)OC)cc3)c12)OC. The summed E-state index contributed by atoms with van der Waals surface area (Å²) in [5.41, 5.74) is 2.79. The zero-order valence-electron chi connectivity index (χ0n) is 18.6. The summed E-state index contributed by atoms with van der Waals surface area (Å²) in [6.45, 7) is 0.743. The van der Waals surface area contributed by atoms with Crippen molar-refractivity contribution in [3.8, 4) is 0 Å². The summed E-state index contributed by atoms with van der Waals surface area (Å²) in [5, 5.41) is 2.51. The monoisotopic (exact) mass is 478 g/mol. The van der Waals surface area contributed by atoms with Crippen molar-refractivity contribution in [3.63, 3.8) is 0 Å². The molecule has 0 saturated heterocycles. The van der Waals surface area contributed by atoms with E-state index in [9.17, 15) is 9.13 Å². The highest BCUT2D eigenvalue weighted by atomic mass is 31.2. The van der Waals surface area contributed by atoms with Crippen LogP contribution in [0, 0.1) is 0 Å². The molecule has 0 aliphatic rings. The lowest BCUT2D eigenvalue weighted by Crippen LogP contribution is -2.08. The Morgan fingerprint density at radius 2 is 1.28 bits per heavy atom. The van der Waals surface area contributed by atoms with Gasteiger partial charge in [-0.3, -0.25) is 9.13 Å². The Morgan fingerprint density at radius 3 is 1.84 bits per heavy atom. The van der Waals surface area contributed by atoms with Crippen LogP contribution in [0.1, 0.15) is 16.7 Å². The molecule has 0 radical (unpaired) electrons. The Labute approximate surface area is 188 Å². The molecule has 32 heavy (non-hydrogen) atoms. The normalized spacial score (nSPS) is 12.4. The smallest absolute Gasteiger partial charge is 0.360 e. The van der Waals surface area contributed by atoms with Gasteiger partial charge in [0.1, 0.15) is 0 Å². The fraction of sp³-hybridized carbons (Fsp3) is 0.304. The molecule has 0 fully saturated rings. The molecule has 0 unspecified atom stereocenters. The quantitative estimate of drug-likeness (QED) is 0.329. The van der Waals surface area contributed by atoms with Crippen molar-refractivity contribution in [1.29, 1.82) is 0 Å². The number of rotatable bonds is 11. The third-order valence-electron chi connectivity index (χ3n) is 5.26. The van der Waals surface area contributed by atoms with E-state index in [-0.39, 0.29) is 6.16 Å². The summed E-state index contributed by atoms with van der Waals surface area (Å²) in [6.07, 6.45) is 0.175. The van der Waals surface area contributed by atoms with Crippen molar-refractivity contribution in [2.45, 2.75) is 19.4 Å². The Bertz CT molecular complexity index is 1120. The first-order chi connectivity index (χ1) is 15.4. The van der Waals surface area contributed by atoms with E-state index in [0.717, 1.165) is 27.5 Å². The third kappa shape index (κ3) is 5.56. The van der Waals surface area contributed by atoms with Crippen molar-refractivity contribution in [3.05, 3.63) is 77.4 Å². The Hall–Kier alpha value is -1.82. The minimum Gasteiger partial charge on any atom is -0.372 e. The zero-order chi connectivity index (χ0) is 23.2. The van der Waals surface area contributed by atoms with Gasteiger partial charge in [0.2, 0.25) is 0 Å². The van der Waals surface area contributed by atoms with E-state index in [1.165, 1.54) is 28.4 Å². The molecule has 0 N–H and O–H groups in total. The van der Waals surface area contributed by atoms with Crippen molar-refractivity contribution < 1.29 is 32.0 Å². The molecular formula is C23H28O7P2. The highest BCUT2D eigenvalue weighted by molar-refractivity contribution is 7.62. The zero-order valence-corrected chi connectivity index (χ0v) is 20.4. The maximum absolute atomic E-state index is 12.7. The predicted octanol–water partition coefficient (Wildman–Crippen LogP) is 5.65. The van der Waals surface area contributed by atoms with E-state index in [1.54, 1.807) is 12.1 Å². The molecular weight excluding hydrogens is 450 g/mol. The van der Waals surface area contributed by atoms with Crippen molar-refractivity contribution >= 4 is 31.3 Å². The van der Waals surface area contributed by atoms with Gasteiger partial charge in [0.15, 0.2) is 0 Å². The van der Waals surface area contributed by atoms with Gasteiger partial charge in [-0.05, 0) is 39.6 Å². The molecule has 0 saturated carbocycles. The molecule has 172 valence electrons. The Kier molecular flexibility index (Phi) is 8.43. The van der Waals surface area contributed by atoms with E-state index in [4.69, 9.17) is 22.8 Å². The van der Waals surface area contributed by atoms with Gasteiger partial charge >= 0.3 is 15.2 Å². The van der Waals surface area contributed by atoms with Crippen molar-refractivity contribution in [2.75, 3.05) is 28.4 Å². The van der Waals surface area contributed by atoms with E-state index in [0.29, 0.717) is 18.5 Å². The molecule has 3 rings (SSSR count). The van der Waals surface area contributed by atoms with E-state index < -0.39 is 15.2 Å². The summed E-state index contributed by atoms with van der Waals surface area (Å²) >= 11 is 0. The number of benzene rings is 3. The average molecular weight is 478 g/mol. The molecule has 0 amide bonds. The third-order valence-corrected chi connectivity index (χ3v) is 8.99. The molecule has 0 bridgehead atoms. The van der Waals surface area contributed by atoms with E-state index >= 15 is 0 Å². The van der Waals surface area contributed by atoms with E-state index in [2.05, 4.69) is 0 Å². The summed E-state index contributed by atoms with van der Waals surface area (Å²) in [6, 6.07) is 18.9. The minimum atomic E-state index is -3.27. The van der Waals surface area contributed by atoms with Crippen LogP contribution in [0.15, 0.2) is 60.7 Å². The van der Waals surface area contributed by atoms with Crippen LogP contribution in [0.2, 0.25) is 0 Å². The maximum atomic E-state index is 12.7. The predicted molar refractivity (Wildman–Crippen MR) is 125 cm³/mol. The second-order valence-electron chi connectivity index (χ2n) is 7.09. The van der Waals surface area contributed by atoms with Crippen LogP contribution >= 0.6 is 15.2 Å². The lowest BCUT2D eigenvalue weighted by molar-refractivity contribution is 0.108. The first-order valence-corrected chi connectivity index (χ1v) is 13.2. The van der Waals surface area contributed by atoms with Crippen LogP contribution in [0.3, 0.4) is 0 Å². The van der Waals surface area contributed by atoms with Gasteiger partial charge < -0.3 is 22.8 Å². The highest BCUT2D eigenvalue weighted by Gasteiger charge is 2.24. The molecule has 0 spiro atoms. The van der Waals surface area contributed by atoms with Gasteiger partial charge in [0.05, 0.1) is 24.7 Å². The molecule has 3 aromatic carbocycles. The number of hydrogen-bond donors (Lipinski definition) is 0. The largest absolute Gasteiger partial charge is 0.372 e. The molecule has 0 heterocycles. The van der Waals surface area contributed by atoms with Gasteiger partial charge in [0.25, 0.3) is 0 Å². The molecule has 0 aliphatic carbocycles. The minimum absolute atomic E-state index is 0.175. The molecule has 0 aromatic heterocycles. The lowest BCUT2D eigenvalue weighted by Gasteiger charge is -2.17. The molecule has 0 aliphatic heterocycles. The first kappa shape index (κ1) is 24.8. The lowest BCUT2D eigenvalue weighted by atomic mass is 10.0. The highest BCUT2D eigenvalue weighted by Crippen LogP contribution is 2.50. The van der Waals surface area contributed by atoms with Gasteiger partial charge in [-0.15, -0.1) is 0 Å². The average Bonchev–Trinajstić information content (AvgIpc) is 2.84. The van der Waals surface area contributed by atoms with Crippen LogP contribution in [0.4, 0.5) is 0 Å². The maximum Gasteiger partial charge on any atom is 0.360 e. The van der Waals surface area contributed by atoms with Crippen LogP contribution in [-0.2, 0) is 51.3 Å². The second-order valence-corrected chi connectivity index (χ2v) is 11.6. The molecule has 9 heteroatoms. The summed E-state index contributed by atoms with van der Waals surface area (Å²) in [4.78, 5) is 0. The van der Waals surface area contributed by atoms with E-state index in [1.807, 2.05) is 48.5 Å². The summed E-state index contributed by atoms with van der Waals surface area (Å²) in [7, 11) is -0.975. The van der Waals surface area contributed by atoms with Gasteiger partial charge in [-0.25, -0.2) is 0 Å². The standard InChI is InChI=1S/C23H28O7P2/c1-26-31(24,27-2)17-21-10-6-8-19-7-5-9-20(23(19)21)16-30-15-18-11-13-22(14-12-18)32(25,28-3)29-4/h5-14H,15-17H2,1-4H3. The number of fused-ring (bicyclic) bond motifs is 1. The Balaban J connectivity index is 1.77. The second kappa shape index (κ2) is 10.9. The number of ether oxygens (including phenoxy) is 1. The van der Waals surface area contributed by atoms with Gasteiger partial charge in [0, 0.05) is 28.4 Å². The number of hydrogen-bond acceptors (Lipinski definition) is 7. The van der Waals surface area contributed by atoms with Gasteiger partial charge in [-0.1, -0.05) is 48.5 Å². The fourth-order valence-corrected chi connectivity index (χ4v) is 5.68. The first-order valence-electron chi connectivity index (χ1n) is 9.97. The van der Waals surface area contributed by atoms with Crippen LogP contribution in [0.5, 0.6) is 0 Å². The van der Waals surface area contributed by atoms with Crippen LogP contribution in [-0.4, -0.2) is 28.4 Å². The molecule has 3 aromatic rings. The topological polar surface area (TPSA) is 80.3 Å². The van der Waals surface area contributed by atoms with Gasteiger partial charge in [-0.2, -0.15) is 0 Å². The van der Waals surface area contributed by atoms with Crippen molar-refractivity contribution in [1.82, 2.24) is 0 Å². The van der Waals surface area contributed by atoms with Crippen LogP contribution in [0.25, 0.3) is 10.8 Å². The fourth-order valence-electron chi connectivity index (χ4n) is 3.51. The molecule has 0 atom stereocenters.